The molecule has 0 amide bonds. The Hall–Kier alpha value is -0.800. The largest absolute Gasteiger partial charge is 0.460 e. The van der Waals surface area contributed by atoms with E-state index in [0.717, 1.165) is 27.7 Å². The van der Waals surface area contributed by atoms with Gasteiger partial charge >= 0.3 is 0 Å². The van der Waals surface area contributed by atoms with E-state index < -0.39 is 0 Å². The van der Waals surface area contributed by atoms with E-state index in [4.69, 9.17) is 4.42 Å². The number of hydrogen-bond acceptors (Lipinski definition) is 2. The fourth-order valence-corrected chi connectivity index (χ4v) is 1.79. The Morgan fingerprint density at radius 1 is 1.29 bits per heavy atom. The lowest BCUT2D eigenvalue weighted by molar-refractivity contribution is 0.358. The third-order valence-corrected chi connectivity index (χ3v) is 2.50. The van der Waals surface area contributed by atoms with Gasteiger partial charge in [0.25, 0.3) is 0 Å². The average molecular weight is 254 g/mol. The first-order valence-electron chi connectivity index (χ1n) is 4.48. The molecule has 74 valence electrons. The van der Waals surface area contributed by atoms with E-state index in [1.165, 1.54) is 0 Å². The van der Waals surface area contributed by atoms with Gasteiger partial charge in [-0.05, 0) is 38.4 Å². The van der Waals surface area contributed by atoms with Crippen LogP contribution in [0.1, 0.15) is 5.76 Å². The average Bonchev–Trinajstić information content (AvgIpc) is 2.44. The Kier molecular flexibility index (Phi) is 2.61. The summed E-state index contributed by atoms with van der Waals surface area (Å²) in [6.45, 7) is 0.840. The Morgan fingerprint density at radius 3 is 2.79 bits per heavy atom. The van der Waals surface area contributed by atoms with Crippen molar-refractivity contribution in [3.8, 4) is 0 Å². The van der Waals surface area contributed by atoms with E-state index in [-0.39, 0.29) is 0 Å². The van der Waals surface area contributed by atoms with Crippen molar-refractivity contribution in [3.05, 3.63) is 34.5 Å². The summed E-state index contributed by atoms with van der Waals surface area (Å²) >= 11 is 3.42. The lowest BCUT2D eigenvalue weighted by Gasteiger charge is -2.04. The summed E-state index contributed by atoms with van der Waals surface area (Å²) in [6.07, 6.45) is 0. The van der Waals surface area contributed by atoms with Gasteiger partial charge in [0.2, 0.25) is 0 Å². The molecule has 0 fully saturated rings. The highest BCUT2D eigenvalue weighted by atomic mass is 79.9. The van der Waals surface area contributed by atoms with Crippen LogP contribution in [0, 0.1) is 0 Å². The SMILES string of the molecule is CN(C)Cc1cc2ccc(Br)cc2o1. The molecule has 1 aromatic heterocycles. The van der Waals surface area contributed by atoms with Gasteiger partial charge < -0.3 is 9.32 Å². The summed E-state index contributed by atoms with van der Waals surface area (Å²) in [5.41, 5.74) is 0.941. The Labute approximate surface area is 91.6 Å². The van der Waals surface area contributed by atoms with Crippen LogP contribution >= 0.6 is 15.9 Å². The highest BCUT2D eigenvalue weighted by molar-refractivity contribution is 9.10. The molecule has 0 radical (unpaired) electrons. The van der Waals surface area contributed by atoms with E-state index in [1.807, 2.05) is 26.2 Å². The van der Waals surface area contributed by atoms with Crippen LogP contribution in [0.5, 0.6) is 0 Å². The van der Waals surface area contributed by atoms with E-state index >= 15 is 0 Å². The Balaban J connectivity index is 2.41. The van der Waals surface area contributed by atoms with Gasteiger partial charge in [-0.2, -0.15) is 0 Å². The van der Waals surface area contributed by atoms with Crippen molar-refractivity contribution in [2.24, 2.45) is 0 Å². The Morgan fingerprint density at radius 2 is 2.07 bits per heavy atom. The third kappa shape index (κ3) is 1.99. The predicted molar refractivity (Wildman–Crippen MR) is 61.3 cm³/mol. The smallest absolute Gasteiger partial charge is 0.135 e. The zero-order valence-corrected chi connectivity index (χ0v) is 9.84. The minimum atomic E-state index is 0.840. The van der Waals surface area contributed by atoms with Gasteiger partial charge in [0, 0.05) is 9.86 Å². The molecule has 0 aliphatic heterocycles. The predicted octanol–water partition coefficient (Wildman–Crippen LogP) is 3.26. The molecule has 0 saturated carbocycles. The first-order chi connectivity index (χ1) is 6.65. The second-order valence-electron chi connectivity index (χ2n) is 3.63. The van der Waals surface area contributed by atoms with Gasteiger partial charge in [0.05, 0.1) is 6.54 Å². The van der Waals surface area contributed by atoms with Gasteiger partial charge in [-0.3, -0.25) is 0 Å². The van der Waals surface area contributed by atoms with Crippen molar-refractivity contribution in [1.29, 1.82) is 0 Å². The molecular weight excluding hydrogens is 242 g/mol. The molecule has 1 heterocycles. The molecular formula is C11H12BrNO. The third-order valence-electron chi connectivity index (χ3n) is 2.01. The zero-order valence-electron chi connectivity index (χ0n) is 8.25. The van der Waals surface area contributed by atoms with Crippen LogP contribution in [0.4, 0.5) is 0 Å². The van der Waals surface area contributed by atoms with Crippen molar-refractivity contribution >= 4 is 26.9 Å². The molecule has 2 aromatic rings. The van der Waals surface area contributed by atoms with E-state index in [0.29, 0.717) is 0 Å². The zero-order chi connectivity index (χ0) is 10.1. The van der Waals surface area contributed by atoms with Crippen LogP contribution in [0.3, 0.4) is 0 Å². The number of rotatable bonds is 2. The molecule has 0 unspecified atom stereocenters. The number of halogens is 1. The van der Waals surface area contributed by atoms with Crippen molar-refractivity contribution in [2.75, 3.05) is 14.1 Å². The monoisotopic (exact) mass is 253 g/mol. The van der Waals surface area contributed by atoms with Gasteiger partial charge in [0.15, 0.2) is 0 Å². The first-order valence-corrected chi connectivity index (χ1v) is 5.27. The number of hydrogen-bond donors (Lipinski definition) is 0. The summed E-state index contributed by atoms with van der Waals surface area (Å²) < 4.78 is 6.74. The lowest BCUT2D eigenvalue weighted by atomic mass is 10.2. The van der Waals surface area contributed by atoms with Crippen LogP contribution in [0.2, 0.25) is 0 Å². The van der Waals surface area contributed by atoms with Gasteiger partial charge in [0.1, 0.15) is 11.3 Å². The summed E-state index contributed by atoms with van der Waals surface area (Å²) in [7, 11) is 4.06. The van der Waals surface area contributed by atoms with Crippen LogP contribution < -0.4 is 0 Å². The van der Waals surface area contributed by atoms with Crippen molar-refractivity contribution in [2.45, 2.75) is 6.54 Å². The molecule has 0 saturated heterocycles. The maximum atomic E-state index is 5.69. The molecule has 0 spiro atoms. The molecule has 2 nitrogen and oxygen atoms in total. The summed E-state index contributed by atoms with van der Waals surface area (Å²) in [4.78, 5) is 2.09. The summed E-state index contributed by atoms with van der Waals surface area (Å²) in [5, 5.41) is 1.16. The van der Waals surface area contributed by atoms with Gasteiger partial charge in [-0.1, -0.05) is 15.9 Å². The molecule has 0 N–H and O–H groups in total. The number of nitrogens with zero attached hydrogens (tertiary/aromatic N) is 1. The van der Waals surface area contributed by atoms with Crippen molar-refractivity contribution in [3.63, 3.8) is 0 Å². The lowest BCUT2D eigenvalue weighted by Crippen LogP contribution is -2.09. The first kappa shape index (κ1) is 9.74. The van der Waals surface area contributed by atoms with Gasteiger partial charge in [-0.15, -0.1) is 0 Å². The fourth-order valence-electron chi connectivity index (χ4n) is 1.45. The normalized spacial score (nSPS) is 11.4. The molecule has 0 aliphatic rings. The molecule has 0 aliphatic carbocycles. The molecule has 0 bridgehead atoms. The summed E-state index contributed by atoms with van der Waals surface area (Å²) in [5.74, 6) is 1.00. The molecule has 2 rings (SSSR count). The fraction of sp³-hybridized carbons (Fsp3) is 0.273. The molecule has 3 heteroatoms. The van der Waals surface area contributed by atoms with E-state index in [1.54, 1.807) is 0 Å². The standard InChI is InChI=1S/C11H12BrNO/c1-13(2)7-10-5-8-3-4-9(12)6-11(8)14-10/h3-6H,7H2,1-2H3. The minimum absolute atomic E-state index is 0.840. The maximum absolute atomic E-state index is 5.69. The Bertz CT molecular complexity index is 447. The number of fused-ring (bicyclic) bond motifs is 1. The number of furan rings is 1. The van der Waals surface area contributed by atoms with Crippen LogP contribution in [-0.2, 0) is 6.54 Å². The van der Waals surface area contributed by atoms with Crippen LogP contribution in [0.15, 0.2) is 33.2 Å². The topological polar surface area (TPSA) is 16.4 Å². The van der Waals surface area contributed by atoms with Crippen LogP contribution in [-0.4, -0.2) is 19.0 Å². The minimum Gasteiger partial charge on any atom is -0.460 e. The van der Waals surface area contributed by atoms with E-state index in [9.17, 15) is 0 Å². The highest BCUT2D eigenvalue weighted by Gasteiger charge is 2.04. The highest BCUT2D eigenvalue weighted by Crippen LogP contribution is 2.23. The van der Waals surface area contributed by atoms with E-state index in [2.05, 4.69) is 33.0 Å². The molecule has 14 heavy (non-hydrogen) atoms. The van der Waals surface area contributed by atoms with Gasteiger partial charge in [-0.25, -0.2) is 0 Å². The quantitative estimate of drug-likeness (QED) is 0.817. The van der Waals surface area contributed by atoms with Crippen molar-refractivity contribution < 1.29 is 4.42 Å². The second-order valence-corrected chi connectivity index (χ2v) is 4.55. The second kappa shape index (κ2) is 3.75. The maximum Gasteiger partial charge on any atom is 0.135 e. The van der Waals surface area contributed by atoms with Crippen LogP contribution in [0.25, 0.3) is 11.0 Å². The van der Waals surface area contributed by atoms with Crippen molar-refractivity contribution in [1.82, 2.24) is 4.90 Å². The number of benzene rings is 1. The summed E-state index contributed by atoms with van der Waals surface area (Å²) in [6, 6.07) is 8.16. The molecule has 1 aromatic carbocycles. The molecule has 0 atom stereocenters.